The van der Waals surface area contributed by atoms with Crippen LogP contribution in [0.15, 0.2) is 36.7 Å². The van der Waals surface area contributed by atoms with Crippen molar-refractivity contribution < 1.29 is 22.1 Å². The van der Waals surface area contributed by atoms with Gasteiger partial charge >= 0.3 is 6.98 Å². The fraction of sp³-hybridized carbons (Fsp3) is 0.154. The molecule has 0 saturated carbocycles. The van der Waals surface area contributed by atoms with Crippen LogP contribution in [0, 0.1) is 12.7 Å². The Hall–Kier alpha value is -2.05. The summed E-state index contributed by atoms with van der Waals surface area (Å²) in [6.45, 7) is -3.39. The number of hydrogen-bond donors (Lipinski definition) is 0. The molecule has 2 nitrogen and oxygen atoms in total. The van der Waals surface area contributed by atoms with Gasteiger partial charge in [-0.25, -0.2) is 4.39 Å². The van der Waals surface area contributed by atoms with Crippen LogP contribution in [0.1, 0.15) is 11.1 Å². The minimum absolute atomic E-state index is 0.0418. The van der Waals surface area contributed by atoms with E-state index in [0.29, 0.717) is 17.7 Å². The second-order valence-corrected chi connectivity index (χ2v) is 4.42. The second-order valence-electron chi connectivity index (χ2n) is 4.42. The minimum atomic E-state index is -5.18. The molecule has 0 unspecified atom stereocenters. The molecule has 0 amide bonds. The molecule has 0 spiro atoms. The summed E-state index contributed by atoms with van der Waals surface area (Å²) in [5.41, 5.74) is 0.662. The molecule has 1 aromatic carbocycles. The third kappa shape index (κ3) is 3.49. The zero-order chi connectivity index (χ0) is 14.8. The highest BCUT2D eigenvalue weighted by molar-refractivity contribution is 6.73. The van der Waals surface area contributed by atoms with Crippen LogP contribution in [-0.4, -0.2) is 12.0 Å². The number of pyridine rings is 1. The number of aromatic nitrogens is 1. The molecule has 0 aliphatic heterocycles. The SMILES string of the molecule is Cc1cncc(COc2cc([B-](F)(F)F)ccc2F)c1. The highest BCUT2D eigenvalue weighted by Crippen LogP contribution is 2.19. The largest absolute Gasteiger partial charge is 0.509 e. The van der Waals surface area contributed by atoms with Gasteiger partial charge in [0, 0.05) is 18.0 Å². The summed E-state index contributed by atoms with van der Waals surface area (Å²) in [5, 5.41) is 0. The Kier molecular flexibility index (Phi) is 3.97. The van der Waals surface area contributed by atoms with E-state index in [1.807, 2.05) is 6.92 Å². The van der Waals surface area contributed by atoms with Gasteiger partial charge in [-0.2, -0.15) is 0 Å². The Labute approximate surface area is 113 Å². The van der Waals surface area contributed by atoms with E-state index in [0.717, 1.165) is 11.6 Å². The van der Waals surface area contributed by atoms with Crippen LogP contribution >= 0.6 is 0 Å². The van der Waals surface area contributed by atoms with Crippen molar-refractivity contribution in [3.8, 4) is 5.75 Å². The number of hydrogen-bond acceptors (Lipinski definition) is 2. The van der Waals surface area contributed by atoms with Gasteiger partial charge in [0.2, 0.25) is 0 Å². The highest BCUT2D eigenvalue weighted by atomic mass is 19.4. The summed E-state index contributed by atoms with van der Waals surface area (Å²) in [5.74, 6) is -1.24. The van der Waals surface area contributed by atoms with Gasteiger partial charge in [-0.1, -0.05) is 6.07 Å². The molecule has 0 fully saturated rings. The molecule has 2 aromatic rings. The topological polar surface area (TPSA) is 22.1 Å². The van der Waals surface area contributed by atoms with Crippen LogP contribution < -0.4 is 10.2 Å². The van der Waals surface area contributed by atoms with Gasteiger partial charge in [-0.05, 0) is 30.7 Å². The number of aryl methyl sites for hydroxylation is 1. The highest BCUT2D eigenvalue weighted by Gasteiger charge is 2.26. The fourth-order valence-corrected chi connectivity index (χ4v) is 1.69. The van der Waals surface area contributed by atoms with Crippen molar-refractivity contribution >= 4 is 12.4 Å². The van der Waals surface area contributed by atoms with E-state index in [-0.39, 0.29) is 6.61 Å². The lowest BCUT2D eigenvalue weighted by molar-refractivity contribution is 0.290. The van der Waals surface area contributed by atoms with Crippen molar-refractivity contribution in [3.05, 3.63) is 53.6 Å². The van der Waals surface area contributed by atoms with Gasteiger partial charge in [-0.3, -0.25) is 4.98 Å². The number of benzene rings is 1. The zero-order valence-corrected chi connectivity index (χ0v) is 10.6. The van der Waals surface area contributed by atoms with E-state index in [9.17, 15) is 17.3 Å². The maximum Gasteiger partial charge on any atom is 0.509 e. The van der Waals surface area contributed by atoms with Crippen LogP contribution in [0.3, 0.4) is 0 Å². The molecule has 20 heavy (non-hydrogen) atoms. The van der Waals surface area contributed by atoms with E-state index in [1.165, 1.54) is 6.20 Å². The summed E-state index contributed by atoms with van der Waals surface area (Å²) in [6.07, 6.45) is 3.15. The van der Waals surface area contributed by atoms with E-state index in [4.69, 9.17) is 4.74 Å². The maximum absolute atomic E-state index is 13.4. The van der Waals surface area contributed by atoms with Crippen LogP contribution in [0.5, 0.6) is 5.75 Å². The van der Waals surface area contributed by atoms with E-state index in [1.54, 1.807) is 12.3 Å². The number of halogens is 4. The van der Waals surface area contributed by atoms with Crippen LogP contribution in [0.2, 0.25) is 0 Å². The fourth-order valence-electron chi connectivity index (χ4n) is 1.69. The zero-order valence-electron chi connectivity index (χ0n) is 10.6. The quantitative estimate of drug-likeness (QED) is 0.635. The molecule has 0 aliphatic carbocycles. The van der Waals surface area contributed by atoms with Crippen molar-refractivity contribution in [1.82, 2.24) is 4.98 Å². The van der Waals surface area contributed by atoms with Gasteiger partial charge in [0.15, 0.2) is 11.6 Å². The first kappa shape index (κ1) is 14.4. The van der Waals surface area contributed by atoms with Gasteiger partial charge in [0.05, 0.1) is 0 Å². The molecular formula is C13H11BF4NO-. The third-order valence-corrected chi connectivity index (χ3v) is 2.66. The average Bonchev–Trinajstić information content (AvgIpc) is 2.36. The van der Waals surface area contributed by atoms with Crippen molar-refractivity contribution in [2.45, 2.75) is 13.5 Å². The molecule has 0 aliphatic rings. The van der Waals surface area contributed by atoms with Crippen LogP contribution in [0.4, 0.5) is 17.3 Å². The first-order chi connectivity index (χ1) is 9.36. The van der Waals surface area contributed by atoms with Crippen molar-refractivity contribution in [3.63, 3.8) is 0 Å². The maximum atomic E-state index is 13.4. The van der Waals surface area contributed by atoms with Crippen LogP contribution in [-0.2, 0) is 6.61 Å². The summed E-state index contributed by atoms with van der Waals surface area (Å²) < 4.78 is 56.3. The molecule has 1 aromatic heterocycles. The predicted molar refractivity (Wildman–Crippen MR) is 68.4 cm³/mol. The molecular weight excluding hydrogens is 273 g/mol. The monoisotopic (exact) mass is 284 g/mol. The van der Waals surface area contributed by atoms with Crippen LogP contribution in [0.25, 0.3) is 0 Å². The Morgan fingerprint density at radius 1 is 1.15 bits per heavy atom. The summed E-state index contributed by atoms with van der Waals surface area (Å²) in [4.78, 5) is 3.93. The van der Waals surface area contributed by atoms with Gasteiger partial charge in [-0.15, -0.1) is 5.46 Å². The molecule has 106 valence electrons. The van der Waals surface area contributed by atoms with Crippen molar-refractivity contribution in [2.24, 2.45) is 0 Å². The number of rotatable bonds is 4. The van der Waals surface area contributed by atoms with E-state index in [2.05, 4.69) is 4.98 Å². The van der Waals surface area contributed by atoms with Gasteiger partial charge < -0.3 is 17.7 Å². The van der Waals surface area contributed by atoms with E-state index >= 15 is 0 Å². The molecule has 0 bridgehead atoms. The lowest BCUT2D eigenvalue weighted by Crippen LogP contribution is -2.34. The average molecular weight is 284 g/mol. The Balaban J connectivity index is 2.17. The predicted octanol–water partition coefficient (Wildman–Crippen LogP) is 3.16. The lowest BCUT2D eigenvalue weighted by Gasteiger charge is -2.16. The smallest absolute Gasteiger partial charge is 0.486 e. The summed E-state index contributed by atoms with van der Waals surface area (Å²) >= 11 is 0. The van der Waals surface area contributed by atoms with Crippen molar-refractivity contribution in [2.75, 3.05) is 0 Å². The summed E-state index contributed by atoms with van der Waals surface area (Å²) in [6, 6.07) is 3.91. The standard InChI is InChI=1S/C13H11BF4NO/c1-9-4-10(7-19-6-9)8-20-13-5-11(14(16,17)18)2-3-12(13)15/h2-7H,8H2,1H3/q-1. The Bertz CT molecular complexity index is 616. The van der Waals surface area contributed by atoms with E-state index < -0.39 is 24.0 Å². The number of ether oxygens (including phenoxy) is 1. The molecule has 2 rings (SSSR count). The lowest BCUT2D eigenvalue weighted by atomic mass is 9.80. The molecule has 7 heteroatoms. The first-order valence-electron chi connectivity index (χ1n) is 5.89. The van der Waals surface area contributed by atoms with Gasteiger partial charge in [0.25, 0.3) is 0 Å². The normalized spacial score (nSPS) is 11.4. The molecule has 0 radical (unpaired) electrons. The first-order valence-corrected chi connectivity index (χ1v) is 5.89. The van der Waals surface area contributed by atoms with Gasteiger partial charge in [0.1, 0.15) is 6.61 Å². The minimum Gasteiger partial charge on any atom is -0.486 e. The second kappa shape index (κ2) is 5.52. The third-order valence-electron chi connectivity index (χ3n) is 2.66. The molecule has 0 atom stereocenters. The summed E-state index contributed by atoms with van der Waals surface area (Å²) in [7, 11) is 0. The molecule has 1 heterocycles. The Morgan fingerprint density at radius 2 is 1.90 bits per heavy atom. The molecule has 0 saturated heterocycles. The Morgan fingerprint density at radius 3 is 2.55 bits per heavy atom. The molecule has 0 N–H and O–H groups in total. The van der Waals surface area contributed by atoms with Crippen molar-refractivity contribution in [1.29, 1.82) is 0 Å². The number of nitrogens with zero attached hydrogens (tertiary/aromatic N) is 1.